The fourth-order valence-electron chi connectivity index (χ4n) is 1.80. The van der Waals surface area contributed by atoms with Gasteiger partial charge in [-0.25, -0.2) is 19.6 Å². The standard InChI is InChI=1S/C10H12N4O4/c15-6-4-7(8(16)17)14(5-6)10(18)13-9-11-2-1-3-12-9/h1-3,6-7,15H,4-5H2,(H,16,17)(H,11,12,13,18)/t6-,7-/m1/s1. The van der Waals surface area contributed by atoms with Gasteiger partial charge in [0.15, 0.2) is 0 Å². The zero-order valence-corrected chi connectivity index (χ0v) is 9.35. The number of nitrogens with one attached hydrogen (secondary N) is 1. The number of β-amino-alcohol motifs (C(OH)–C–C–N with tert-alkyl or cyclic N) is 1. The summed E-state index contributed by atoms with van der Waals surface area (Å²) in [4.78, 5) is 31.4. The van der Waals surface area contributed by atoms with E-state index in [0.717, 1.165) is 4.90 Å². The Labute approximate surface area is 102 Å². The van der Waals surface area contributed by atoms with Crippen molar-refractivity contribution in [2.45, 2.75) is 18.6 Å². The highest BCUT2D eigenvalue weighted by atomic mass is 16.4. The highest BCUT2D eigenvalue weighted by Gasteiger charge is 2.39. The number of anilines is 1. The monoisotopic (exact) mass is 252 g/mol. The number of hydrogen-bond donors (Lipinski definition) is 3. The minimum absolute atomic E-state index is 0.0182. The number of likely N-dealkylation sites (tertiary alicyclic amines) is 1. The molecule has 8 nitrogen and oxygen atoms in total. The molecule has 1 aliphatic heterocycles. The molecule has 2 heterocycles. The molecule has 1 fully saturated rings. The molecule has 2 atom stereocenters. The molecule has 2 rings (SSSR count). The SMILES string of the molecule is O=C(O)[C@H]1C[C@@H](O)CN1C(=O)Nc1ncccn1. The second-order valence-corrected chi connectivity index (χ2v) is 3.90. The highest BCUT2D eigenvalue weighted by Crippen LogP contribution is 2.18. The van der Waals surface area contributed by atoms with E-state index in [1.165, 1.54) is 12.4 Å². The summed E-state index contributed by atoms with van der Waals surface area (Å²) in [5.41, 5.74) is 0. The lowest BCUT2D eigenvalue weighted by Crippen LogP contribution is -2.43. The second-order valence-electron chi connectivity index (χ2n) is 3.90. The van der Waals surface area contributed by atoms with Crippen molar-refractivity contribution in [2.24, 2.45) is 0 Å². The smallest absolute Gasteiger partial charge is 0.326 e. The van der Waals surface area contributed by atoms with Crippen LogP contribution in [-0.4, -0.2) is 55.8 Å². The molecule has 0 bridgehead atoms. The Morgan fingerprint density at radius 3 is 2.67 bits per heavy atom. The van der Waals surface area contributed by atoms with Crippen molar-refractivity contribution in [1.82, 2.24) is 14.9 Å². The molecule has 1 aromatic rings. The predicted octanol–water partition coefficient (Wildman–Crippen LogP) is -0.472. The minimum Gasteiger partial charge on any atom is -0.480 e. The molecule has 1 aromatic heterocycles. The number of aliphatic hydroxyl groups excluding tert-OH is 1. The van der Waals surface area contributed by atoms with Crippen LogP contribution < -0.4 is 5.32 Å². The second kappa shape index (κ2) is 4.96. The van der Waals surface area contributed by atoms with E-state index in [1.807, 2.05) is 0 Å². The Morgan fingerprint density at radius 1 is 1.39 bits per heavy atom. The number of nitrogens with zero attached hydrogens (tertiary/aromatic N) is 3. The molecule has 0 aliphatic carbocycles. The van der Waals surface area contributed by atoms with Crippen LogP contribution in [0.15, 0.2) is 18.5 Å². The Kier molecular flexibility index (Phi) is 3.38. The van der Waals surface area contributed by atoms with Crippen LogP contribution in [0.4, 0.5) is 10.7 Å². The van der Waals surface area contributed by atoms with E-state index in [-0.39, 0.29) is 18.9 Å². The van der Waals surface area contributed by atoms with Crippen LogP contribution in [0.2, 0.25) is 0 Å². The molecule has 1 aliphatic rings. The molecule has 96 valence electrons. The van der Waals surface area contributed by atoms with Gasteiger partial charge in [0.1, 0.15) is 6.04 Å². The first-order chi connectivity index (χ1) is 8.58. The lowest BCUT2D eigenvalue weighted by molar-refractivity contribution is -0.141. The molecule has 0 aromatic carbocycles. The molecular formula is C10H12N4O4. The van der Waals surface area contributed by atoms with Crippen LogP contribution in [-0.2, 0) is 4.79 Å². The first-order valence-corrected chi connectivity index (χ1v) is 5.33. The van der Waals surface area contributed by atoms with E-state index in [0.29, 0.717) is 0 Å². The normalized spacial score (nSPS) is 22.8. The van der Waals surface area contributed by atoms with Crippen molar-refractivity contribution in [3.05, 3.63) is 18.5 Å². The Balaban J connectivity index is 2.06. The van der Waals surface area contributed by atoms with Crippen LogP contribution >= 0.6 is 0 Å². The summed E-state index contributed by atoms with van der Waals surface area (Å²) < 4.78 is 0. The fourth-order valence-corrected chi connectivity index (χ4v) is 1.80. The van der Waals surface area contributed by atoms with Crippen molar-refractivity contribution in [3.8, 4) is 0 Å². The largest absolute Gasteiger partial charge is 0.480 e. The first kappa shape index (κ1) is 12.2. The third-order valence-corrected chi connectivity index (χ3v) is 2.61. The average Bonchev–Trinajstić information content (AvgIpc) is 2.73. The zero-order chi connectivity index (χ0) is 13.1. The van der Waals surface area contributed by atoms with E-state index in [1.54, 1.807) is 6.07 Å². The van der Waals surface area contributed by atoms with Crippen molar-refractivity contribution in [1.29, 1.82) is 0 Å². The van der Waals surface area contributed by atoms with Gasteiger partial charge in [-0.05, 0) is 6.07 Å². The van der Waals surface area contributed by atoms with E-state index in [4.69, 9.17) is 5.11 Å². The van der Waals surface area contributed by atoms with Crippen molar-refractivity contribution in [3.63, 3.8) is 0 Å². The van der Waals surface area contributed by atoms with Gasteiger partial charge in [0.05, 0.1) is 6.10 Å². The van der Waals surface area contributed by atoms with Gasteiger partial charge in [-0.1, -0.05) is 0 Å². The Morgan fingerprint density at radius 2 is 2.06 bits per heavy atom. The molecule has 0 spiro atoms. The van der Waals surface area contributed by atoms with Gasteiger partial charge < -0.3 is 15.1 Å². The third-order valence-electron chi connectivity index (χ3n) is 2.61. The average molecular weight is 252 g/mol. The molecule has 3 N–H and O–H groups in total. The summed E-state index contributed by atoms with van der Waals surface area (Å²) in [6, 6.07) is -0.0659. The van der Waals surface area contributed by atoms with Crippen LogP contribution in [0, 0.1) is 0 Å². The maximum Gasteiger partial charge on any atom is 0.326 e. The molecule has 0 unspecified atom stereocenters. The number of carboxylic acids is 1. The predicted molar refractivity (Wildman–Crippen MR) is 59.8 cm³/mol. The highest BCUT2D eigenvalue weighted by molar-refractivity contribution is 5.91. The summed E-state index contributed by atoms with van der Waals surface area (Å²) in [6.07, 6.45) is 2.11. The summed E-state index contributed by atoms with van der Waals surface area (Å²) in [7, 11) is 0. The lowest BCUT2D eigenvalue weighted by Gasteiger charge is -2.20. The number of rotatable bonds is 2. The van der Waals surface area contributed by atoms with Crippen LogP contribution in [0.5, 0.6) is 0 Å². The molecular weight excluding hydrogens is 240 g/mol. The van der Waals surface area contributed by atoms with E-state index in [9.17, 15) is 14.7 Å². The Hall–Kier alpha value is -2.22. The van der Waals surface area contributed by atoms with E-state index in [2.05, 4.69) is 15.3 Å². The van der Waals surface area contributed by atoms with Crippen LogP contribution in [0.25, 0.3) is 0 Å². The zero-order valence-electron chi connectivity index (χ0n) is 9.35. The number of aromatic nitrogens is 2. The van der Waals surface area contributed by atoms with Crippen molar-refractivity contribution in [2.75, 3.05) is 11.9 Å². The first-order valence-electron chi connectivity index (χ1n) is 5.33. The van der Waals surface area contributed by atoms with Crippen molar-refractivity contribution < 1.29 is 19.8 Å². The number of hydrogen-bond acceptors (Lipinski definition) is 5. The topological polar surface area (TPSA) is 116 Å². The molecule has 0 radical (unpaired) electrons. The van der Waals surface area contributed by atoms with Crippen LogP contribution in [0.3, 0.4) is 0 Å². The maximum absolute atomic E-state index is 11.8. The van der Waals surface area contributed by atoms with Gasteiger partial charge in [0.2, 0.25) is 5.95 Å². The number of carboxylic acid groups (broad SMARTS) is 1. The van der Waals surface area contributed by atoms with Gasteiger partial charge in [-0.3, -0.25) is 5.32 Å². The molecule has 0 saturated carbocycles. The molecule has 1 saturated heterocycles. The molecule has 2 amide bonds. The summed E-state index contributed by atoms with van der Waals surface area (Å²) in [6.45, 7) is -0.0182. The van der Waals surface area contributed by atoms with E-state index >= 15 is 0 Å². The van der Waals surface area contributed by atoms with Crippen molar-refractivity contribution >= 4 is 17.9 Å². The molecule has 8 heteroatoms. The number of aliphatic hydroxyl groups is 1. The number of aliphatic carboxylic acids is 1. The lowest BCUT2D eigenvalue weighted by atomic mass is 10.2. The maximum atomic E-state index is 11.8. The quantitative estimate of drug-likeness (QED) is 0.655. The van der Waals surface area contributed by atoms with Gasteiger partial charge >= 0.3 is 12.0 Å². The minimum atomic E-state index is -1.14. The number of carbonyl (C=O) groups excluding carboxylic acids is 1. The van der Waals surface area contributed by atoms with Crippen LogP contribution in [0.1, 0.15) is 6.42 Å². The summed E-state index contributed by atoms with van der Waals surface area (Å²) >= 11 is 0. The van der Waals surface area contributed by atoms with Gasteiger partial charge in [-0.15, -0.1) is 0 Å². The summed E-state index contributed by atoms with van der Waals surface area (Å²) in [5.74, 6) is -1.05. The van der Waals surface area contributed by atoms with Gasteiger partial charge in [-0.2, -0.15) is 0 Å². The van der Waals surface area contributed by atoms with Gasteiger partial charge in [0.25, 0.3) is 0 Å². The number of urea groups is 1. The van der Waals surface area contributed by atoms with E-state index < -0.39 is 24.1 Å². The number of carbonyl (C=O) groups is 2. The molecule has 18 heavy (non-hydrogen) atoms. The summed E-state index contributed by atoms with van der Waals surface area (Å²) in [5, 5.41) is 20.7. The van der Waals surface area contributed by atoms with Gasteiger partial charge in [0, 0.05) is 25.4 Å². The number of amides is 2. The fraction of sp³-hybridized carbons (Fsp3) is 0.400. The third kappa shape index (κ3) is 2.54. The Bertz CT molecular complexity index is 452.